The highest BCUT2D eigenvalue weighted by molar-refractivity contribution is 5.66. The molecule has 6 nitrogen and oxygen atoms in total. The molecule has 6 heteroatoms. The van der Waals surface area contributed by atoms with Crippen molar-refractivity contribution in [2.24, 2.45) is 0 Å². The highest BCUT2D eigenvalue weighted by Crippen LogP contribution is 2.27. The predicted octanol–water partition coefficient (Wildman–Crippen LogP) is 2.13. The first-order valence-electron chi connectivity index (χ1n) is 5.69. The molecule has 0 N–H and O–H groups in total. The summed E-state index contributed by atoms with van der Waals surface area (Å²) in [5.41, 5.74) is 0. The van der Waals surface area contributed by atoms with Gasteiger partial charge in [-0.05, 0) is 24.3 Å². The van der Waals surface area contributed by atoms with E-state index in [0.717, 1.165) is 0 Å². The van der Waals surface area contributed by atoms with Crippen LogP contribution in [0.4, 0.5) is 17.6 Å². The lowest BCUT2D eigenvalue weighted by Gasteiger charge is -2.19. The Bertz CT molecular complexity index is 535. The molecule has 0 aliphatic rings. The molecule has 0 fully saturated rings. The molecule has 0 bridgehead atoms. The van der Waals surface area contributed by atoms with Crippen molar-refractivity contribution in [3.8, 4) is 0 Å². The molecule has 0 radical (unpaired) electrons. The highest BCUT2D eigenvalue weighted by Gasteiger charge is 2.16. The van der Waals surface area contributed by atoms with E-state index in [2.05, 4.69) is 24.9 Å². The van der Waals surface area contributed by atoms with E-state index in [1.807, 2.05) is 36.4 Å². The summed E-state index contributed by atoms with van der Waals surface area (Å²) in [6, 6.07) is 11.3. The lowest BCUT2D eigenvalue weighted by atomic mass is 10.4. The van der Waals surface area contributed by atoms with Crippen molar-refractivity contribution in [2.75, 3.05) is 4.90 Å². The monoisotopic (exact) mass is 250 g/mol. The van der Waals surface area contributed by atoms with E-state index in [1.165, 1.54) is 12.7 Å². The Kier molecular flexibility index (Phi) is 3.05. The van der Waals surface area contributed by atoms with Crippen LogP contribution in [0.15, 0.2) is 61.4 Å². The van der Waals surface area contributed by atoms with Gasteiger partial charge in [-0.3, -0.25) is 0 Å². The van der Waals surface area contributed by atoms with Gasteiger partial charge in [-0.2, -0.15) is 0 Å². The summed E-state index contributed by atoms with van der Waals surface area (Å²) in [4.78, 5) is 22.5. The van der Waals surface area contributed by atoms with E-state index >= 15 is 0 Å². The number of aromatic nitrogens is 5. The summed E-state index contributed by atoms with van der Waals surface area (Å²) in [7, 11) is 0. The van der Waals surface area contributed by atoms with Crippen LogP contribution in [0.5, 0.6) is 0 Å². The van der Waals surface area contributed by atoms with Crippen LogP contribution < -0.4 is 4.90 Å². The van der Waals surface area contributed by atoms with Crippen molar-refractivity contribution in [1.82, 2.24) is 24.9 Å². The Morgan fingerprint density at radius 2 is 1.26 bits per heavy atom. The van der Waals surface area contributed by atoms with Crippen molar-refractivity contribution in [1.29, 1.82) is 0 Å². The maximum Gasteiger partial charge on any atom is 0.240 e. The molecule has 0 amide bonds. The molecule has 0 saturated heterocycles. The molecule has 0 saturated carbocycles. The van der Waals surface area contributed by atoms with Crippen LogP contribution in [0.25, 0.3) is 0 Å². The molecule has 3 aromatic heterocycles. The average molecular weight is 250 g/mol. The summed E-state index contributed by atoms with van der Waals surface area (Å²) in [6.07, 6.45) is 6.32. The van der Waals surface area contributed by atoms with Gasteiger partial charge in [0.15, 0.2) is 0 Å². The van der Waals surface area contributed by atoms with Crippen LogP contribution in [0.2, 0.25) is 0 Å². The molecule has 0 aliphatic heterocycles. The van der Waals surface area contributed by atoms with Crippen LogP contribution in [0, 0.1) is 0 Å². The van der Waals surface area contributed by atoms with Gasteiger partial charge in [-0.15, -0.1) is 0 Å². The maximum atomic E-state index is 4.32. The number of rotatable bonds is 3. The van der Waals surface area contributed by atoms with Crippen LogP contribution in [0.1, 0.15) is 0 Å². The fourth-order valence-electron chi connectivity index (χ4n) is 1.64. The third-order valence-corrected chi connectivity index (χ3v) is 2.44. The lowest BCUT2D eigenvalue weighted by Crippen LogP contribution is -2.15. The summed E-state index contributed by atoms with van der Waals surface area (Å²) in [6.45, 7) is 0. The minimum Gasteiger partial charge on any atom is -0.246 e. The van der Waals surface area contributed by atoms with Gasteiger partial charge < -0.3 is 0 Å². The van der Waals surface area contributed by atoms with Crippen molar-refractivity contribution in [2.45, 2.75) is 0 Å². The average Bonchev–Trinajstić information content (AvgIpc) is 2.51. The Morgan fingerprint density at radius 1 is 0.684 bits per heavy atom. The SMILES string of the molecule is c1ccc(N(c2ccccn2)c2ncncn2)nc1. The molecular formula is C13H10N6. The van der Waals surface area contributed by atoms with E-state index in [0.29, 0.717) is 17.6 Å². The standard InChI is InChI=1S/C13H10N6/c1-3-7-15-11(5-1)19(12-6-2-4-8-16-12)13-17-9-14-10-18-13/h1-10H. The number of hydrogen-bond acceptors (Lipinski definition) is 6. The van der Waals surface area contributed by atoms with Crippen molar-refractivity contribution < 1.29 is 0 Å². The smallest absolute Gasteiger partial charge is 0.240 e. The van der Waals surface area contributed by atoms with Crippen molar-refractivity contribution in [3.05, 3.63) is 61.4 Å². The van der Waals surface area contributed by atoms with Crippen molar-refractivity contribution >= 4 is 17.6 Å². The summed E-state index contributed by atoms with van der Waals surface area (Å²) in [5.74, 6) is 1.88. The predicted molar refractivity (Wildman–Crippen MR) is 70.1 cm³/mol. The van der Waals surface area contributed by atoms with E-state index in [-0.39, 0.29) is 0 Å². The minimum absolute atomic E-state index is 0.479. The van der Waals surface area contributed by atoms with Crippen LogP contribution in [-0.2, 0) is 0 Å². The van der Waals surface area contributed by atoms with Gasteiger partial charge in [0.1, 0.15) is 24.3 Å². The second-order valence-electron chi connectivity index (χ2n) is 3.65. The molecule has 0 unspecified atom stereocenters. The topological polar surface area (TPSA) is 67.7 Å². The van der Waals surface area contributed by atoms with Crippen LogP contribution >= 0.6 is 0 Å². The lowest BCUT2D eigenvalue weighted by molar-refractivity contribution is 0.979. The van der Waals surface area contributed by atoms with Crippen molar-refractivity contribution in [3.63, 3.8) is 0 Å². The molecule has 3 rings (SSSR count). The van der Waals surface area contributed by atoms with Gasteiger partial charge in [0, 0.05) is 12.4 Å². The van der Waals surface area contributed by atoms with Gasteiger partial charge in [-0.1, -0.05) is 12.1 Å². The Hall–Kier alpha value is -2.89. The molecule has 3 heterocycles. The molecule has 92 valence electrons. The van der Waals surface area contributed by atoms with Crippen LogP contribution in [0.3, 0.4) is 0 Å². The molecule has 19 heavy (non-hydrogen) atoms. The zero-order valence-electron chi connectivity index (χ0n) is 9.96. The van der Waals surface area contributed by atoms with Gasteiger partial charge in [0.2, 0.25) is 5.95 Å². The van der Waals surface area contributed by atoms with E-state index < -0.39 is 0 Å². The largest absolute Gasteiger partial charge is 0.246 e. The number of nitrogens with zero attached hydrogens (tertiary/aromatic N) is 6. The quantitative estimate of drug-likeness (QED) is 0.709. The minimum atomic E-state index is 0.479. The summed E-state index contributed by atoms with van der Waals surface area (Å²) >= 11 is 0. The van der Waals surface area contributed by atoms with Gasteiger partial charge in [0.25, 0.3) is 0 Å². The summed E-state index contributed by atoms with van der Waals surface area (Å²) < 4.78 is 0. The first kappa shape index (κ1) is 11.2. The first-order valence-corrected chi connectivity index (χ1v) is 5.69. The first-order chi connectivity index (χ1) is 9.45. The second-order valence-corrected chi connectivity index (χ2v) is 3.65. The molecule has 0 aliphatic carbocycles. The van der Waals surface area contributed by atoms with E-state index in [4.69, 9.17) is 0 Å². The molecule has 0 aromatic carbocycles. The highest BCUT2D eigenvalue weighted by atomic mass is 15.3. The third kappa shape index (κ3) is 2.37. The van der Waals surface area contributed by atoms with Gasteiger partial charge >= 0.3 is 0 Å². The number of pyridine rings is 2. The third-order valence-electron chi connectivity index (χ3n) is 2.44. The van der Waals surface area contributed by atoms with Gasteiger partial charge in [-0.25, -0.2) is 29.8 Å². The van der Waals surface area contributed by atoms with Crippen LogP contribution in [-0.4, -0.2) is 24.9 Å². The molecule has 0 spiro atoms. The molecular weight excluding hydrogens is 240 g/mol. The molecule has 3 aromatic rings. The normalized spacial score (nSPS) is 10.1. The number of anilines is 3. The molecule has 0 atom stereocenters. The Morgan fingerprint density at radius 3 is 1.74 bits per heavy atom. The van der Waals surface area contributed by atoms with E-state index in [9.17, 15) is 0 Å². The second kappa shape index (κ2) is 5.18. The maximum absolute atomic E-state index is 4.32. The Balaban J connectivity index is 2.12. The zero-order valence-corrected chi connectivity index (χ0v) is 9.96. The van der Waals surface area contributed by atoms with Gasteiger partial charge in [0.05, 0.1) is 0 Å². The fraction of sp³-hybridized carbons (Fsp3) is 0. The number of hydrogen-bond donors (Lipinski definition) is 0. The summed E-state index contributed by atoms with van der Waals surface area (Å²) in [5, 5.41) is 0. The fourth-order valence-corrected chi connectivity index (χ4v) is 1.64. The van der Waals surface area contributed by atoms with E-state index in [1.54, 1.807) is 17.3 Å². The Labute approximate surface area is 109 Å². The zero-order chi connectivity index (χ0) is 12.9.